The van der Waals surface area contributed by atoms with Crippen molar-refractivity contribution in [2.24, 2.45) is 0 Å². The molecule has 1 aromatic rings. The molecule has 6 heteroatoms. The number of carbonyl (C=O) groups excluding carboxylic acids is 1. The summed E-state index contributed by atoms with van der Waals surface area (Å²) >= 11 is 4.74. The zero-order valence-corrected chi connectivity index (χ0v) is 13.0. The molecule has 1 amide bonds. The monoisotopic (exact) mass is 347 g/mol. The molecule has 104 valence electrons. The molecule has 0 spiro atoms. The quantitative estimate of drug-likeness (QED) is 0.766. The number of rotatable bonds is 5. The van der Waals surface area contributed by atoms with Gasteiger partial charge in [-0.1, -0.05) is 6.07 Å². The third kappa shape index (κ3) is 3.49. The van der Waals surface area contributed by atoms with E-state index in [-0.39, 0.29) is 17.1 Å². The summed E-state index contributed by atoms with van der Waals surface area (Å²) in [5.74, 6) is 0.278. The van der Waals surface area contributed by atoms with Crippen molar-refractivity contribution in [2.75, 3.05) is 25.5 Å². The Bertz CT molecular complexity index is 472. The van der Waals surface area contributed by atoms with E-state index in [0.29, 0.717) is 30.0 Å². The Kier molecular flexibility index (Phi) is 5.24. The van der Waals surface area contributed by atoms with E-state index in [0.717, 1.165) is 5.56 Å². The summed E-state index contributed by atoms with van der Waals surface area (Å²) in [6, 6.07) is 4.88. The molecule has 1 aliphatic heterocycles. The first-order valence-electron chi connectivity index (χ1n) is 6.07. The van der Waals surface area contributed by atoms with Crippen molar-refractivity contribution in [2.45, 2.75) is 12.3 Å². The Labute approximate surface area is 124 Å². The lowest BCUT2D eigenvalue weighted by Gasteiger charge is -2.24. The van der Waals surface area contributed by atoms with Crippen molar-refractivity contribution in [3.63, 3.8) is 0 Å². The second-order valence-corrected chi connectivity index (χ2v) is 6.04. The minimum Gasteiger partial charge on any atom is -0.380 e. The summed E-state index contributed by atoms with van der Waals surface area (Å²) < 4.78 is 19.0. The predicted octanol–water partition coefficient (Wildman–Crippen LogP) is 3.20. The van der Waals surface area contributed by atoms with E-state index >= 15 is 0 Å². The molecule has 2 rings (SSSR count). The third-order valence-corrected chi connectivity index (χ3v) is 4.74. The maximum absolute atomic E-state index is 13.3. The van der Waals surface area contributed by atoms with Crippen LogP contribution < -0.4 is 0 Å². The van der Waals surface area contributed by atoms with Crippen molar-refractivity contribution in [3.05, 3.63) is 34.1 Å². The smallest absolute Gasteiger partial charge is 0.233 e. The molecular formula is C13H15BrFNO2S. The Morgan fingerprint density at radius 2 is 2.37 bits per heavy atom. The summed E-state index contributed by atoms with van der Waals surface area (Å²) in [4.78, 5) is 13.7. The summed E-state index contributed by atoms with van der Waals surface area (Å²) in [6.07, 6.45) is 0. The average molecular weight is 348 g/mol. The van der Waals surface area contributed by atoms with E-state index in [2.05, 4.69) is 15.9 Å². The van der Waals surface area contributed by atoms with E-state index in [9.17, 15) is 9.18 Å². The van der Waals surface area contributed by atoms with Crippen LogP contribution in [-0.2, 0) is 9.53 Å². The molecule has 0 saturated carbocycles. The zero-order valence-electron chi connectivity index (χ0n) is 10.6. The van der Waals surface area contributed by atoms with Crippen LogP contribution in [0.3, 0.4) is 0 Å². The predicted molar refractivity (Wildman–Crippen MR) is 77.5 cm³/mol. The van der Waals surface area contributed by atoms with E-state index < -0.39 is 0 Å². The fourth-order valence-corrected chi connectivity index (χ4v) is 3.55. The highest BCUT2D eigenvalue weighted by atomic mass is 79.9. The van der Waals surface area contributed by atoms with Gasteiger partial charge < -0.3 is 9.64 Å². The number of ether oxygens (including phenoxy) is 1. The number of hydrogen-bond donors (Lipinski definition) is 0. The Morgan fingerprint density at radius 1 is 1.58 bits per heavy atom. The fourth-order valence-electron chi connectivity index (χ4n) is 1.95. The Morgan fingerprint density at radius 3 is 3.05 bits per heavy atom. The summed E-state index contributed by atoms with van der Waals surface area (Å²) in [7, 11) is 0. The van der Waals surface area contributed by atoms with Gasteiger partial charge in [-0.2, -0.15) is 0 Å². The third-order valence-electron chi connectivity index (χ3n) is 2.88. The number of benzene rings is 1. The highest BCUT2D eigenvalue weighted by Crippen LogP contribution is 2.39. The first-order valence-corrected chi connectivity index (χ1v) is 7.91. The van der Waals surface area contributed by atoms with E-state index in [1.165, 1.54) is 6.07 Å². The first-order chi connectivity index (χ1) is 9.13. The van der Waals surface area contributed by atoms with Crippen molar-refractivity contribution < 1.29 is 13.9 Å². The fraction of sp³-hybridized carbons (Fsp3) is 0.462. The molecule has 0 N–H and O–H groups in total. The number of thioether (sulfide) groups is 1. The average Bonchev–Trinajstić information content (AvgIpc) is 2.75. The van der Waals surface area contributed by atoms with E-state index in [1.54, 1.807) is 28.8 Å². The molecule has 0 bridgehead atoms. The largest absolute Gasteiger partial charge is 0.380 e. The van der Waals surface area contributed by atoms with Gasteiger partial charge in [-0.15, -0.1) is 11.8 Å². The van der Waals surface area contributed by atoms with Crippen LogP contribution in [-0.4, -0.2) is 36.3 Å². The first kappa shape index (κ1) is 14.8. The van der Waals surface area contributed by atoms with Crippen molar-refractivity contribution in [1.82, 2.24) is 4.90 Å². The van der Waals surface area contributed by atoms with Gasteiger partial charge in [0.2, 0.25) is 5.91 Å². The number of halogens is 2. The molecule has 19 heavy (non-hydrogen) atoms. The molecule has 0 aromatic heterocycles. The van der Waals surface area contributed by atoms with Gasteiger partial charge in [0, 0.05) is 13.2 Å². The molecule has 1 heterocycles. The highest BCUT2D eigenvalue weighted by Gasteiger charge is 2.32. The summed E-state index contributed by atoms with van der Waals surface area (Å²) in [6.45, 7) is 3.66. The van der Waals surface area contributed by atoms with Crippen molar-refractivity contribution >= 4 is 33.6 Å². The molecule has 0 aliphatic carbocycles. The van der Waals surface area contributed by atoms with Crippen LogP contribution in [0.15, 0.2) is 22.7 Å². The van der Waals surface area contributed by atoms with Gasteiger partial charge in [0.25, 0.3) is 0 Å². The van der Waals surface area contributed by atoms with Gasteiger partial charge in [0.15, 0.2) is 0 Å². The van der Waals surface area contributed by atoms with Crippen LogP contribution in [0.1, 0.15) is 17.9 Å². The van der Waals surface area contributed by atoms with E-state index in [4.69, 9.17) is 4.74 Å². The normalized spacial score (nSPS) is 19.2. The highest BCUT2D eigenvalue weighted by molar-refractivity contribution is 9.10. The molecular weight excluding hydrogens is 333 g/mol. The molecule has 1 fully saturated rings. The van der Waals surface area contributed by atoms with Gasteiger partial charge in [0.1, 0.15) is 11.2 Å². The van der Waals surface area contributed by atoms with Crippen molar-refractivity contribution in [1.29, 1.82) is 0 Å². The number of carbonyl (C=O) groups is 1. The molecule has 1 unspecified atom stereocenters. The van der Waals surface area contributed by atoms with Gasteiger partial charge in [-0.25, -0.2) is 4.39 Å². The van der Waals surface area contributed by atoms with Crippen LogP contribution in [0, 0.1) is 5.82 Å². The molecule has 3 nitrogen and oxygen atoms in total. The van der Waals surface area contributed by atoms with Crippen LogP contribution >= 0.6 is 27.7 Å². The molecule has 1 aliphatic rings. The van der Waals surface area contributed by atoms with Crippen molar-refractivity contribution in [3.8, 4) is 0 Å². The molecule has 1 aromatic carbocycles. The summed E-state index contributed by atoms with van der Waals surface area (Å²) in [5.41, 5.74) is 0.931. The SMILES string of the molecule is CCOCCN1C(=O)CSC1c1ccc(F)c(Br)c1. The second kappa shape index (κ2) is 6.72. The second-order valence-electron chi connectivity index (χ2n) is 4.12. The topological polar surface area (TPSA) is 29.5 Å². The number of nitrogens with zero attached hydrogens (tertiary/aromatic N) is 1. The lowest BCUT2D eigenvalue weighted by atomic mass is 10.2. The Balaban J connectivity index is 2.12. The van der Waals surface area contributed by atoms with Crippen LogP contribution in [0.4, 0.5) is 4.39 Å². The molecule has 1 atom stereocenters. The Hall–Kier alpha value is -0.590. The summed E-state index contributed by atoms with van der Waals surface area (Å²) in [5, 5.41) is -0.0511. The standard InChI is InChI=1S/C13H15BrFNO2S/c1-2-18-6-5-16-12(17)8-19-13(16)9-3-4-11(15)10(14)7-9/h3-4,7,13H,2,5-6,8H2,1H3. The molecule has 0 radical (unpaired) electrons. The maximum Gasteiger partial charge on any atom is 0.233 e. The van der Waals surface area contributed by atoms with Gasteiger partial charge >= 0.3 is 0 Å². The number of amides is 1. The maximum atomic E-state index is 13.3. The van der Waals surface area contributed by atoms with E-state index in [1.807, 2.05) is 6.92 Å². The van der Waals surface area contributed by atoms with Gasteiger partial charge in [0.05, 0.1) is 16.8 Å². The van der Waals surface area contributed by atoms with Crippen LogP contribution in [0.2, 0.25) is 0 Å². The lowest BCUT2D eigenvalue weighted by molar-refractivity contribution is -0.128. The van der Waals surface area contributed by atoms with Gasteiger partial charge in [-0.3, -0.25) is 4.79 Å². The van der Waals surface area contributed by atoms with Crippen LogP contribution in [0.25, 0.3) is 0 Å². The van der Waals surface area contributed by atoms with Gasteiger partial charge in [-0.05, 0) is 40.5 Å². The minimum atomic E-state index is -0.293. The lowest BCUT2D eigenvalue weighted by Crippen LogP contribution is -2.31. The molecule has 1 saturated heterocycles. The zero-order chi connectivity index (χ0) is 13.8. The minimum absolute atomic E-state index is 0.0511. The number of hydrogen-bond acceptors (Lipinski definition) is 3. The van der Waals surface area contributed by atoms with Crippen LogP contribution in [0.5, 0.6) is 0 Å².